The van der Waals surface area contributed by atoms with Crippen molar-refractivity contribution in [1.82, 2.24) is 4.98 Å². The molecule has 0 amide bonds. The average molecular weight is 305 g/mol. The number of aromatic nitrogens is 1. The van der Waals surface area contributed by atoms with Crippen LogP contribution < -0.4 is 0 Å². The summed E-state index contributed by atoms with van der Waals surface area (Å²) in [7, 11) is 0. The molecule has 3 rings (SSSR count). The van der Waals surface area contributed by atoms with E-state index in [-0.39, 0.29) is 16.7 Å². The van der Waals surface area contributed by atoms with Gasteiger partial charge in [-0.05, 0) is 36.0 Å². The van der Waals surface area contributed by atoms with Gasteiger partial charge in [0.25, 0.3) is 5.12 Å². The molecule has 0 atom stereocenters. The minimum atomic E-state index is -0.344. The summed E-state index contributed by atoms with van der Waals surface area (Å²) in [5.41, 5.74) is 0.600. The Kier molecular flexibility index (Phi) is 3.66. The molecule has 2 aromatic heterocycles. The molecule has 0 spiro atoms. The molecule has 6 heteroatoms. The summed E-state index contributed by atoms with van der Waals surface area (Å²) in [5, 5.41) is 1.58. The predicted molar refractivity (Wildman–Crippen MR) is 76.4 cm³/mol. The number of thiazole rings is 1. The molecule has 20 heavy (non-hydrogen) atoms. The number of thioether (sulfide) groups is 1. The van der Waals surface area contributed by atoms with Crippen LogP contribution in [0.1, 0.15) is 10.6 Å². The van der Waals surface area contributed by atoms with Crippen molar-refractivity contribution < 1.29 is 13.6 Å². The van der Waals surface area contributed by atoms with E-state index < -0.39 is 0 Å². The van der Waals surface area contributed by atoms with Crippen molar-refractivity contribution >= 4 is 28.2 Å². The first-order valence-electron chi connectivity index (χ1n) is 5.70. The van der Waals surface area contributed by atoms with Gasteiger partial charge >= 0.3 is 0 Å². The Bertz CT molecular complexity index is 737. The van der Waals surface area contributed by atoms with Crippen molar-refractivity contribution in [2.75, 3.05) is 0 Å². The molecule has 0 saturated heterocycles. The maximum absolute atomic E-state index is 13.2. The second-order valence-electron chi connectivity index (χ2n) is 3.86. The lowest BCUT2D eigenvalue weighted by atomic mass is 10.2. The van der Waals surface area contributed by atoms with E-state index in [4.69, 9.17) is 4.42 Å². The van der Waals surface area contributed by atoms with E-state index in [1.807, 2.05) is 0 Å². The molecular weight excluding hydrogens is 297 g/mol. The molecule has 2 heterocycles. The van der Waals surface area contributed by atoms with Gasteiger partial charge in [0.05, 0.1) is 0 Å². The van der Waals surface area contributed by atoms with Gasteiger partial charge in [-0.1, -0.05) is 12.1 Å². The Morgan fingerprint density at radius 3 is 2.95 bits per heavy atom. The topological polar surface area (TPSA) is 43.1 Å². The van der Waals surface area contributed by atoms with E-state index >= 15 is 0 Å². The Hall–Kier alpha value is -1.92. The van der Waals surface area contributed by atoms with Gasteiger partial charge in [-0.3, -0.25) is 4.79 Å². The van der Waals surface area contributed by atoms with Crippen LogP contribution in [0.4, 0.5) is 4.39 Å². The quantitative estimate of drug-likeness (QED) is 0.669. The van der Waals surface area contributed by atoms with Crippen molar-refractivity contribution in [2.24, 2.45) is 0 Å². The first kappa shape index (κ1) is 13.1. The first-order chi connectivity index (χ1) is 9.72. The number of carbonyl (C=O) groups excluding carboxylic acids is 1. The fourth-order valence-corrected chi connectivity index (χ4v) is 3.06. The third-order valence-corrected chi connectivity index (χ3v) is 4.28. The fourth-order valence-electron chi connectivity index (χ4n) is 1.63. The number of nitrogens with zero attached hydrogens (tertiary/aromatic N) is 1. The molecule has 3 aromatic rings. The fraction of sp³-hybridized carbons (Fsp3) is 0. The lowest BCUT2D eigenvalue weighted by Gasteiger charge is -1.97. The summed E-state index contributed by atoms with van der Waals surface area (Å²) < 4.78 is 19.3. The summed E-state index contributed by atoms with van der Waals surface area (Å²) >= 11 is 2.41. The van der Waals surface area contributed by atoms with Gasteiger partial charge in [0.2, 0.25) is 0 Å². The molecular formula is C14H8FNO2S2. The van der Waals surface area contributed by atoms with Crippen molar-refractivity contribution in [2.45, 2.75) is 4.34 Å². The van der Waals surface area contributed by atoms with Crippen LogP contribution in [0.2, 0.25) is 0 Å². The molecule has 3 nitrogen and oxygen atoms in total. The molecule has 1 aromatic carbocycles. The lowest BCUT2D eigenvalue weighted by molar-refractivity contribution is 0.106. The predicted octanol–water partition coefficient (Wildman–Crippen LogP) is 4.47. The zero-order chi connectivity index (χ0) is 13.9. The van der Waals surface area contributed by atoms with Crippen LogP contribution in [0.15, 0.2) is 56.7 Å². The van der Waals surface area contributed by atoms with E-state index in [0.29, 0.717) is 15.7 Å². The highest BCUT2D eigenvalue weighted by molar-refractivity contribution is 8.15. The largest absolute Gasteiger partial charge is 0.452 e. The Morgan fingerprint density at radius 1 is 1.30 bits per heavy atom. The van der Waals surface area contributed by atoms with Crippen molar-refractivity contribution in [1.29, 1.82) is 0 Å². The summed E-state index contributed by atoms with van der Waals surface area (Å²) in [6.45, 7) is 0. The molecule has 0 unspecified atom stereocenters. The third kappa shape index (κ3) is 2.81. The van der Waals surface area contributed by atoms with Crippen molar-refractivity contribution in [3.63, 3.8) is 0 Å². The maximum atomic E-state index is 13.2. The van der Waals surface area contributed by atoms with Gasteiger partial charge < -0.3 is 4.42 Å². The van der Waals surface area contributed by atoms with Crippen LogP contribution in [0, 0.1) is 5.82 Å². The zero-order valence-corrected chi connectivity index (χ0v) is 11.7. The Morgan fingerprint density at radius 2 is 2.20 bits per heavy atom. The van der Waals surface area contributed by atoms with Crippen LogP contribution >= 0.6 is 23.1 Å². The summed E-state index contributed by atoms with van der Waals surface area (Å²) in [5.74, 6) is 0.348. The Balaban J connectivity index is 1.81. The van der Waals surface area contributed by atoms with E-state index in [1.165, 1.54) is 23.5 Å². The van der Waals surface area contributed by atoms with Gasteiger partial charge in [0.1, 0.15) is 11.6 Å². The number of hydrogen-bond donors (Lipinski definition) is 0. The van der Waals surface area contributed by atoms with Crippen LogP contribution in [0.25, 0.3) is 11.3 Å². The summed E-state index contributed by atoms with van der Waals surface area (Å²) in [4.78, 5) is 16.0. The highest BCUT2D eigenvalue weighted by Crippen LogP contribution is 2.28. The van der Waals surface area contributed by atoms with Crippen LogP contribution in [0.3, 0.4) is 0 Å². The van der Waals surface area contributed by atoms with Crippen molar-refractivity contribution in [3.8, 4) is 11.3 Å². The minimum absolute atomic E-state index is 0.220. The van der Waals surface area contributed by atoms with E-state index in [2.05, 4.69) is 4.98 Å². The molecule has 0 saturated carbocycles. The third-order valence-electron chi connectivity index (χ3n) is 2.51. The number of halogens is 1. The smallest absolute Gasteiger partial charge is 0.261 e. The molecule has 100 valence electrons. The van der Waals surface area contributed by atoms with Gasteiger partial charge in [-0.2, -0.15) is 0 Å². The van der Waals surface area contributed by atoms with Crippen LogP contribution in [-0.4, -0.2) is 10.1 Å². The second-order valence-corrected chi connectivity index (χ2v) is 5.98. The molecule has 0 aliphatic carbocycles. The van der Waals surface area contributed by atoms with E-state index in [1.54, 1.807) is 35.8 Å². The van der Waals surface area contributed by atoms with Crippen molar-refractivity contribution in [3.05, 3.63) is 59.6 Å². The number of furan rings is 1. The standard InChI is InChI=1S/C14H8FNO2S2/c15-10-3-1-2-9(8-10)11-4-5-12(18-11)13(17)20-14-16-6-7-19-14/h1-8H. The summed E-state index contributed by atoms with van der Waals surface area (Å²) in [6.07, 6.45) is 1.64. The monoisotopic (exact) mass is 305 g/mol. The first-order valence-corrected chi connectivity index (χ1v) is 7.39. The molecule has 0 bridgehead atoms. The van der Waals surface area contributed by atoms with Gasteiger partial charge in [0, 0.05) is 17.1 Å². The normalized spacial score (nSPS) is 10.7. The van der Waals surface area contributed by atoms with Crippen LogP contribution in [0.5, 0.6) is 0 Å². The number of hydrogen-bond acceptors (Lipinski definition) is 5. The highest BCUT2D eigenvalue weighted by Gasteiger charge is 2.15. The average Bonchev–Trinajstić information content (AvgIpc) is 3.09. The Labute approximate surface area is 122 Å². The van der Waals surface area contributed by atoms with E-state index in [0.717, 1.165) is 11.8 Å². The molecule has 0 aliphatic rings. The molecule has 0 N–H and O–H groups in total. The number of carbonyl (C=O) groups is 1. The zero-order valence-electron chi connectivity index (χ0n) is 10.1. The van der Waals surface area contributed by atoms with E-state index in [9.17, 15) is 9.18 Å². The number of rotatable bonds is 3. The molecule has 0 aliphatic heterocycles. The highest BCUT2D eigenvalue weighted by atomic mass is 32.2. The second kappa shape index (κ2) is 5.60. The summed E-state index contributed by atoms with van der Waals surface area (Å²) in [6, 6.07) is 9.29. The molecule has 0 fully saturated rings. The SMILES string of the molecule is O=C(Sc1nccs1)c1ccc(-c2cccc(F)c2)o1. The number of benzene rings is 1. The molecule has 0 radical (unpaired) electrons. The minimum Gasteiger partial charge on any atom is -0.452 e. The lowest BCUT2D eigenvalue weighted by Crippen LogP contribution is -1.89. The van der Waals surface area contributed by atoms with Gasteiger partial charge in [-0.25, -0.2) is 9.37 Å². The van der Waals surface area contributed by atoms with Gasteiger partial charge in [0.15, 0.2) is 10.1 Å². The van der Waals surface area contributed by atoms with Gasteiger partial charge in [-0.15, -0.1) is 11.3 Å². The van der Waals surface area contributed by atoms with Crippen LogP contribution in [-0.2, 0) is 0 Å². The maximum Gasteiger partial charge on any atom is 0.261 e.